The van der Waals surface area contributed by atoms with E-state index in [1.165, 1.54) is 0 Å². The lowest BCUT2D eigenvalue weighted by Crippen LogP contribution is -2.34. The summed E-state index contributed by atoms with van der Waals surface area (Å²) in [6, 6.07) is -0.0150. The first-order chi connectivity index (χ1) is 7.24. The van der Waals surface area contributed by atoms with E-state index in [-0.39, 0.29) is 11.9 Å². The van der Waals surface area contributed by atoms with Crippen molar-refractivity contribution in [2.45, 2.75) is 19.4 Å². The van der Waals surface area contributed by atoms with E-state index in [4.69, 9.17) is 12.2 Å². The minimum Gasteiger partial charge on any atom is -0.353 e. The largest absolute Gasteiger partial charge is 0.353 e. The van der Waals surface area contributed by atoms with E-state index in [9.17, 15) is 4.79 Å². The Bertz CT molecular complexity index is 359. The van der Waals surface area contributed by atoms with Gasteiger partial charge in [-0.1, -0.05) is 6.92 Å². The zero-order chi connectivity index (χ0) is 10.8. The molecule has 1 aliphatic heterocycles. The minimum atomic E-state index is -0.0150. The molecule has 15 heavy (non-hydrogen) atoms. The molecule has 0 bridgehead atoms. The average Bonchev–Trinajstić information content (AvgIpc) is 2.83. The normalized spacial score (nSPS) is 18.1. The summed E-state index contributed by atoms with van der Waals surface area (Å²) in [7, 11) is 0. The molecular formula is C9H12N4OS. The topological polar surface area (TPSA) is 61.0 Å². The molecule has 1 atom stereocenters. The summed E-state index contributed by atoms with van der Waals surface area (Å²) < 4.78 is 0. The van der Waals surface area contributed by atoms with Crippen molar-refractivity contribution in [2.75, 3.05) is 6.54 Å². The number of thiocarbonyl (C=S) groups is 1. The standard InChI is InChI=1S/C9H12N4OS/c1-2-7(6-3-11-12-4-6)13-8(14)5-10-9(13)15/h3-4,7H,2,5H2,1H3,(H,10,15)(H,11,12). The second-order valence-electron chi connectivity index (χ2n) is 3.38. The van der Waals surface area contributed by atoms with Gasteiger partial charge in [0.05, 0.1) is 18.8 Å². The van der Waals surface area contributed by atoms with Gasteiger partial charge < -0.3 is 5.32 Å². The molecule has 1 unspecified atom stereocenters. The molecule has 1 aliphatic rings. The highest BCUT2D eigenvalue weighted by Gasteiger charge is 2.32. The van der Waals surface area contributed by atoms with Crippen LogP contribution in [-0.2, 0) is 4.79 Å². The molecule has 2 N–H and O–H groups in total. The van der Waals surface area contributed by atoms with Gasteiger partial charge in [-0.25, -0.2) is 0 Å². The monoisotopic (exact) mass is 224 g/mol. The molecule has 0 spiro atoms. The smallest absolute Gasteiger partial charge is 0.248 e. The molecule has 2 heterocycles. The van der Waals surface area contributed by atoms with E-state index in [1.54, 1.807) is 17.3 Å². The molecule has 1 aromatic rings. The number of aromatic nitrogens is 2. The van der Waals surface area contributed by atoms with Crippen LogP contribution in [0, 0.1) is 0 Å². The number of nitrogens with one attached hydrogen (secondary N) is 2. The number of carbonyl (C=O) groups is 1. The van der Waals surface area contributed by atoms with Crippen molar-refractivity contribution in [3.8, 4) is 0 Å². The van der Waals surface area contributed by atoms with Crippen molar-refractivity contribution < 1.29 is 4.79 Å². The van der Waals surface area contributed by atoms with Gasteiger partial charge >= 0.3 is 0 Å². The predicted molar refractivity (Wildman–Crippen MR) is 59.1 cm³/mol. The van der Waals surface area contributed by atoms with Gasteiger partial charge in [-0.3, -0.25) is 14.8 Å². The number of hydrogen-bond acceptors (Lipinski definition) is 3. The van der Waals surface area contributed by atoms with Crippen LogP contribution < -0.4 is 5.32 Å². The van der Waals surface area contributed by atoms with Crippen molar-refractivity contribution in [3.05, 3.63) is 18.0 Å². The second kappa shape index (κ2) is 3.98. The Morgan fingerprint density at radius 1 is 1.73 bits per heavy atom. The fourth-order valence-electron chi connectivity index (χ4n) is 1.76. The number of aromatic amines is 1. The summed E-state index contributed by atoms with van der Waals surface area (Å²) in [5, 5.41) is 10.0. The van der Waals surface area contributed by atoms with Gasteiger partial charge in [-0.05, 0) is 18.6 Å². The third-order valence-electron chi connectivity index (χ3n) is 2.48. The molecule has 0 aliphatic carbocycles. The molecule has 1 amide bonds. The molecule has 1 fully saturated rings. The Morgan fingerprint density at radius 2 is 2.53 bits per heavy atom. The Morgan fingerprint density at radius 3 is 3.00 bits per heavy atom. The SMILES string of the molecule is CCC(c1cn[nH]c1)N1C(=O)CNC1=S. The van der Waals surface area contributed by atoms with Crippen molar-refractivity contribution >= 4 is 23.2 Å². The van der Waals surface area contributed by atoms with Crippen LogP contribution in [0.5, 0.6) is 0 Å². The summed E-state index contributed by atoms with van der Waals surface area (Å²) in [6.07, 6.45) is 4.33. The van der Waals surface area contributed by atoms with Crippen molar-refractivity contribution in [1.82, 2.24) is 20.4 Å². The fourth-order valence-corrected chi connectivity index (χ4v) is 2.06. The molecule has 1 saturated heterocycles. The Hall–Kier alpha value is -1.43. The number of rotatable bonds is 3. The number of nitrogens with zero attached hydrogens (tertiary/aromatic N) is 2. The summed E-state index contributed by atoms with van der Waals surface area (Å²) in [5.74, 6) is 0.0213. The first kappa shape index (κ1) is 10.1. The summed E-state index contributed by atoms with van der Waals surface area (Å²) in [5.41, 5.74) is 0.983. The van der Waals surface area contributed by atoms with E-state index in [2.05, 4.69) is 15.5 Å². The third kappa shape index (κ3) is 1.72. The van der Waals surface area contributed by atoms with Crippen LogP contribution >= 0.6 is 12.2 Å². The highest BCUT2D eigenvalue weighted by molar-refractivity contribution is 7.80. The predicted octanol–water partition coefficient (Wildman–Crippen LogP) is 0.578. The summed E-state index contributed by atoms with van der Waals surface area (Å²) >= 11 is 5.10. The van der Waals surface area contributed by atoms with Crippen LogP contribution in [0.15, 0.2) is 12.4 Å². The van der Waals surface area contributed by atoms with Gasteiger partial charge in [-0.2, -0.15) is 5.10 Å². The van der Waals surface area contributed by atoms with Crippen LogP contribution in [0.1, 0.15) is 24.9 Å². The first-order valence-electron chi connectivity index (χ1n) is 4.82. The number of amides is 1. The van der Waals surface area contributed by atoms with Gasteiger partial charge in [0.25, 0.3) is 0 Å². The molecule has 6 heteroatoms. The fraction of sp³-hybridized carbons (Fsp3) is 0.444. The van der Waals surface area contributed by atoms with Gasteiger partial charge in [0.1, 0.15) is 0 Å². The number of carbonyl (C=O) groups excluding carboxylic acids is 1. The van der Waals surface area contributed by atoms with Crippen LogP contribution in [0.25, 0.3) is 0 Å². The maximum absolute atomic E-state index is 11.6. The Balaban J connectivity index is 2.27. The lowest BCUT2D eigenvalue weighted by atomic mass is 10.1. The zero-order valence-corrected chi connectivity index (χ0v) is 9.17. The van der Waals surface area contributed by atoms with E-state index >= 15 is 0 Å². The maximum Gasteiger partial charge on any atom is 0.248 e. The van der Waals surface area contributed by atoms with Crippen molar-refractivity contribution in [3.63, 3.8) is 0 Å². The van der Waals surface area contributed by atoms with E-state index in [0.29, 0.717) is 11.7 Å². The number of hydrogen-bond donors (Lipinski definition) is 2. The Labute approximate surface area is 92.8 Å². The number of H-pyrrole nitrogens is 1. The zero-order valence-electron chi connectivity index (χ0n) is 8.36. The minimum absolute atomic E-state index is 0.0150. The molecule has 80 valence electrons. The molecule has 0 aromatic carbocycles. The lowest BCUT2D eigenvalue weighted by Gasteiger charge is -2.24. The van der Waals surface area contributed by atoms with Crippen molar-refractivity contribution in [2.24, 2.45) is 0 Å². The molecule has 5 nitrogen and oxygen atoms in total. The van der Waals surface area contributed by atoms with Gasteiger partial charge in [0, 0.05) is 11.8 Å². The van der Waals surface area contributed by atoms with E-state index in [0.717, 1.165) is 12.0 Å². The van der Waals surface area contributed by atoms with Crippen LogP contribution in [-0.4, -0.2) is 32.7 Å². The Kier molecular flexibility index (Phi) is 2.68. The second-order valence-corrected chi connectivity index (χ2v) is 3.76. The van der Waals surface area contributed by atoms with Crippen LogP contribution in [0.2, 0.25) is 0 Å². The maximum atomic E-state index is 11.6. The lowest BCUT2D eigenvalue weighted by molar-refractivity contribution is -0.126. The van der Waals surface area contributed by atoms with Crippen LogP contribution in [0.4, 0.5) is 0 Å². The van der Waals surface area contributed by atoms with Gasteiger partial charge in [0.15, 0.2) is 5.11 Å². The van der Waals surface area contributed by atoms with Gasteiger partial charge in [-0.15, -0.1) is 0 Å². The summed E-state index contributed by atoms with van der Waals surface area (Å²) in [6.45, 7) is 2.32. The molecular weight excluding hydrogens is 212 g/mol. The molecule has 0 saturated carbocycles. The molecule has 1 aromatic heterocycles. The van der Waals surface area contributed by atoms with Crippen molar-refractivity contribution in [1.29, 1.82) is 0 Å². The van der Waals surface area contributed by atoms with Crippen LogP contribution in [0.3, 0.4) is 0 Å². The quantitative estimate of drug-likeness (QED) is 0.737. The first-order valence-corrected chi connectivity index (χ1v) is 5.23. The van der Waals surface area contributed by atoms with E-state index < -0.39 is 0 Å². The average molecular weight is 224 g/mol. The highest BCUT2D eigenvalue weighted by atomic mass is 32.1. The summed E-state index contributed by atoms with van der Waals surface area (Å²) in [4.78, 5) is 13.3. The molecule has 2 rings (SSSR count). The highest BCUT2D eigenvalue weighted by Crippen LogP contribution is 2.25. The van der Waals surface area contributed by atoms with E-state index in [1.807, 2.05) is 6.92 Å². The third-order valence-corrected chi connectivity index (χ3v) is 2.82. The van der Waals surface area contributed by atoms with Gasteiger partial charge in [0.2, 0.25) is 5.91 Å². The molecule has 0 radical (unpaired) electrons.